The summed E-state index contributed by atoms with van der Waals surface area (Å²) in [5.41, 5.74) is 0.770. The Labute approximate surface area is 143 Å². The number of benzene rings is 1. The molecule has 0 aliphatic carbocycles. The molecule has 0 aliphatic heterocycles. The summed E-state index contributed by atoms with van der Waals surface area (Å²) in [6.07, 6.45) is 1.09. The number of carbonyl (C=O) groups is 2. The van der Waals surface area contributed by atoms with E-state index in [2.05, 4.69) is 5.32 Å². The van der Waals surface area contributed by atoms with Crippen molar-refractivity contribution in [1.82, 2.24) is 5.32 Å². The Morgan fingerprint density at radius 3 is 2.25 bits per heavy atom. The zero-order valence-corrected chi connectivity index (χ0v) is 15.2. The average molecular weight is 356 g/mol. The normalized spacial score (nSPS) is 11.2. The van der Waals surface area contributed by atoms with Crippen LogP contribution in [-0.2, 0) is 19.6 Å². The van der Waals surface area contributed by atoms with Gasteiger partial charge in [0.25, 0.3) is 0 Å². The van der Waals surface area contributed by atoms with Gasteiger partial charge in [-0.25, -0.2) is 13.2 Å². The molecule has 1 rings (SSSR count). The Hall–Kier alpha value is -2.09. The molecule has 1 amide bonds. The fourth-order valence-corrected chi connectivity index (χ4v) is 2.88. The van der Waals surface area contributed by atoms with Crippen molar-refractivity contribution in [2.24, 2.45) is 5.92 Å². The van der Waals surface area contributed by atoms with E-state index in [4.69, 9.17) is 4.74 Å². The van der Waals surface area contributed by atoms with Crippen molar-refractivity contribution >= 4 is 27.6 Å². The van der Waals surface area contributed by atoms with Gasteiger partial charge in [0.05, 0.1) is 30.7 Å². The lowest BCUT2D eigenvalue weighted by atomic mass is 10.2. The van der Waals surface area contributed by atoms with Gasteiger partial charge < -0.3 is 10.1 Å². The molecule has 7 nitrogen and oxygen atoms in total. The SMILES string of the molecule is CCOC(=O)c1ccc(N(CCNC(=O)C(C)C)S(C)(=O)=O)cc1. The Morgan fingerprint density at radius 2 is 1.79 bits per heavy atom. The molecule has 24 heavy (non-hydrogen) atoms. The van der Waals surface area contributed by atoms with Crippen molar-refractivity contribution in [3.63, 3.8) is 0 Å². The van der Waals surface area contributed by atoms with Gasteiger partial charge in [-0.05, 0) is 31.2 Å². The van der Waals surface area contributed by atoms with Crippen LogP contribution >= 0.6 is 0 Å². The van der Waals surface area contributed by atoms with Crippen molar-refractivity contribution in [2.45, 2.75) is 20.8 Å². The second-order valence-electron chi connectivity index (χ2n) is 5.55. The van der Waals surface area contributed by atoms with Crippen molar-refractivity contribution < 1.29 is 22.7 Å². The van der Waals surface area contributed by atoms with E-state index in [1.165, 1.54) is 28.6 Å². The maximum absolute atomic E-state index is 12.0. The third-order valence-corrected chi connectivity index (χ3v) is 4.40. The van der Waals surface area contributed by atoms with Gasteiger partial charge in [0.15, 0.2) is 0 Å². The van der Waals surface area contributed by atoms with Crippen LogP contribution in [0, 0.1) is 5.92 Å². The fourth-order valence-electron chi connectivity index (χ4n) is 1.95. The van der Waals surface area contributed by atoms with Gasteiger partial charge in [0.2, 0.25) is 15.9 Å². The monoisotopic (exact) mass is 356 g/mol. The third kappa shape index (κ3) is 5.84. The van der Waals surface area contributed by atoms with Gasteiger partial charge in [-0.1, -0.05) is 13.8 Å². The minimum Gasteiger partial charge on any atom is -0.462 e. The summed E-state index contributed by atoms with van der Waals surface area (Å²) in [5, 5.41) is 2.68. The van der Waals surface area contributed by atoms with Crippen LogP contribution < -0.4 is 9.62 Å². The summed E-state index contributed by atoms with van der Waals surface area (Å²) in [7, 11) is -3.51. The summed E-state index contributed by atoms with van der Waals surface area (Å²) in [5.74, 6) is -0.763. The first kappa shape index (κ1) is 20.0. The lowest BCUT2D eigenvalue weighted by molar-refractivity contribution is -0.123. The summed E-state index contributed by atoms with van der Waals surface area (Å²) in [4.78, 5) is 23.2. The molecule has 0 heterocycles. The molecule has 1 aromatic rings. The van der Waals surface area contributed by atoms with Crippen LogP contribution in [0.5, 0.6) is 0 Å². The topological polar surface area (TPSA) is 92.8 Å². The molecule has 0 unspecified atom stereocenters. The predicted octanol–water partition coefficient (Wildman–Crippen LogP) is 1.40. The van der Waals surface area contributed by atoms with Crippen LogP contribution in [0.15, 0.2) is 24.3 Å². The highest BCUT2D eigenvalue weighted by Gasteiger charge is 2.18. The van der Waals surface area contributed by atoms with Gasteiger partial charge in [-0.2, -0.15) is 0 Å². The minimum atomic E-state index is -3.51. The predicted molar refractivity (Wildman–Crippen MR) is 92.4 cm³/mol. The second-order valence-corrected chi connectivity index (χ2v) is 7.46. The Morgan fingerprint density at radius 1 is 1.21 bits per heavy atom. The maximum Gasteiger partial charge on any atom is 0.338 e. The highest BCUT2D eigenvalue weighted by molar-refractivity contribution is 7.92. The molecule has 8 heteroatoms. The van der Waals surface area contributed by atoms with E-state index in [0.29, 0.717) is 11.3 Å². The average Bonchev–Trinajstić information content (AvgIpc) is 2.50. The van der Waals surface area contributed by atoms with Gasteiger partial charge >= 0.3 is 5.97 Å². The molecule has 0 spiro atoms. The molecule has 0 bridgehead atoms. The molecule has 1 aromatic carbocycles. The number of esters is 1. The Balaban J connectivity index is 2.86. The summed E-state index contributed by atoms with van der Waals surface area (Å²) < 4.78 is 30.0. The number of hydrogen-bond acceptors (Lipinski definition) is 5. The van der Waals surface area contributed by atoms with E-state index < -0.39 is 16.0 Å². The third-order valence-electron chi connectivity index (χ3n) is 3.21. The first-order valence-corrected chi connectivity index (χ1v) is 9.54. The molecule has 0 saturated heterocycles. The minimum absolute atomic E-state index is 0.107. The number of anilines is 1. The molecule has 0 atom stereocenters. The number of hydrogen-bond donors (Lipinski definition) is 1. The molecule has 1 N–H and O–H groups in total. The second kappa shape index (κ2) is 8.68. The van der Waals surface area contributed by atoms with E-state index >= 15 is 0 Å². The summed E-state index contributed by atoms with van der Waals surface area (Å²) >= 11 is 0. The lowest BCUT2D eigenvalue weighted by Crippen LogP contribution is -2.39. The van der Waals surface area contributed by atoms with Crippen molar-refractivity contribution in [1.29, 1.82) is 0 Å². The van der Waals surface area contributed by atoms with Crippen LogP contribution in [0.25, 0.3) is 0 Å². The van der Waals surface area contributed by atoms with Crippen LogP contribution in [-0.4, -0.2) is 46.2 Å². The molecular weight excluding hydrogens is 332 g/mol. The molecule has 0 aliphatic rings. The number of amides is 1. The molecule has 134 valence electrons. The number of nitrogens with zero attached hydrogens (tertiary/aromatic N) is 1. The molecule has 0 fully saturated rings. The van der Waals surface area contributed by atoms with Crippen molar-refractivity contribution in [2.75, 3.05) is 30.3 Å². The lowest BCUT2D eigenvalue weighted by Gasteiger charge is -2.23. The van der Waals surface area contributed by atoms with Crippen LogP contribution in [0.4, 0.5) is 5.69 Å². The highest BCUT2D eigenvalue weighted by atomic mass is 32.2. The first-order chi connectivity index (χ1) is 11.2. The largest absolute Gasteiger partial charge is 0.462 e. The van der Waals surface area contributed by atoms with E-state index in [1.807, 2.05) is 0 Å². The Bertz CT molecular complexity index is 668. The van der Waals surface area contributed by atoms with E-state index in [9.17, 15) is 18.0 Å². The van der Waals surface area contributed by atoms with Gasteiger partial charge in [-0.15, -0.1) is 0 Å². The maximum atomic E-state index is 12.0. The fraction of sp³-hybridized carbons (Fsp3) is 0.500. The smallest absolute Gasteiger partial charge is 0.338 e. The highest BCUT2D eigenvalue weighted by Crippen LogP contribution is 2.18. The number of sulfonamides is 1. The molecule has 0 radical (unpaired) electrons. The van der Waals surface area contributed by atoms with Gasteiger partial charge in [-0.3, -0.25) is 9.10 Å². The van der Waals surface area contributed by atoms with Gasteiger partial charge in [0, 0.05) is 12.5 Å². The van der Waals surface area contributed by atoms with E-state index in [1.54, 1.807) is 20.8 Å². The van der Waals surface area contributed by atoms with E-state index in [0.717, 1.165) is 6.26 Å². The Kier molecular flexibility index (Phi) is 7.21. The molecule has 0 aromatic heterocycles. The number of rotatable bonds is 8. The number of ether oxygens (including phenoxy) is 1. The zero-order valence-electron chi connectivity index (χ0n) is 14.4. The standard InChI is InChI=1S/C16H24N2O5S/c1-5-23-16(20)13-6-8-14(9-7-13)18(24(4,21)22)11-10-17-15(19)12(2)3/h6-9,12H,5,10-11H2,1-4H3,(H,17,19). The first-order valence-electron chi connectivity index (χ1n) is 7.69. The van der Waals surface area contributed by atoms with Crippen LogP contribution in [0.3, 0.4) is 0 Å². The number of nitrogens with one attached hydrogen (secondary N) is 1. The summed E-state index contributed by atoms with van der Waals surface area (Å²) in [6.45, 7) is 5.81. The molecular formula is C16H24N2O5S. The van der Waals surface area contributed by atoms with E-state index in [-0.39, 0.29) is 31.5 Å². The zero-order chi connectivity index (χ0) is 18.3. The van der Waals surface area contributed by atoms with Crippen LogP contribution in [0.1, 0.15) is 31.1 Å². The summed E-state index contributed by atoms with van der Waals surface area (Å²) in [6, 6.07) is 6.10. The van der Waals surface area contributed by atoms with Crippen LogP contribution in [0.2, 0.25) is 0 Å². The van der Waals surface area contributed by atoms with Crippen molar-refractivity contribution in [3.8, 4) is 0 Å². The molecule has 0 saturated carbocycles. The number of carbonyl (C=O) groups excluding carboxylic acids is 2. The van der Waals surface area contributed by atoms with Crippen molar-refractivity contribution in [3.05, 3.63) is 29.8 Å². The van der Waals surface area contributed by atoms with Gasteiger partial charge in [0.1, 0.15) is 0 Å². The quantitative estimate of drug-likeness (QED) is 0.711.